The van der Waals surface area contributed by atoms with Crippen molar-refractivity contribution in [2.24, 2.45) is 0 Å². The van der Waals surface area contributed by atoms with Gasteiger partial charge in [0.15, 0.2) is 23.1 Å². The molecule has 0 aromatic rings. The van der Waals surface area contributed by atoms with Crippen LogP contribution in [-0.4, -0.2) is 47.0 Å². The summed E-state index contributed by atoms with van der Waals surface area (Å²) in [5.74, 6) is -9.32. The predicted octanol–water partition coefficient (Wildman–Crippen LogP) is 1.18. The van der Waals surface area contributed by atoms with E-state index in [0.717, 1.165) is 77.0 Å². The van der Waals surface area contributed by atoms with Crippen LogP contribution in [0.1, 0.15) is 156 Å². The Bertz CT molecular complexity index is 698. The summed E-state index contributed by atoms with van der Waals surface area (Å²) in [6.07, 6.45) is 15.4. The van der Waals surface area contributed by atoms with E-state index in [1.165, 1.54) is 0 Å². The van der Waals surface area contributed by atoms with E-state index >= 15 is 0 Å². The van der Waals surface area contributed by atoms with Crippen molar-refractivity contribution in [1.82, 2.24) is 0 Å². The van der Waals surface area contributed by atoms with Crippen LogP contribution in [0.15, 0.2) is 0 Å². The number of carbonyl (C=O) groups is 8. The van der Waals surface area contributed by atoms with Gasteiger partial charge in [-0.2, -0.15) is 0 Å². The SMILES string of the molecule is CCCCCCC(=O)C(=O)[O-].CCCCCCC(=O)C(=O)[O-].CCCCCCC(=O)C(=O)[O-].CCCCCCC(=O)C(=O)[O-].[C+4]. The molecule has 0 aromatic heterocycles. The van der Waals surface area contributed by atoms with Crippen LogP contribution in [0.2, 0.25) is 0 Å². The third-order valence-corrected chi connectivity index (χ3v) is 5.94. The number of carbonyl (C=O) groups excluding carboxylic acids is 8. The van der Waals surface area contributed by atoms with Crippen molar-refractivity contribution in [2.75, 3.05) is 0 Å². The minimum atomic E-state index is -1.55. The molecule has 45 heavy (non-hydrogen) atoms. The van der Waals surface area contributed by atoms with Gasteiger partial charge in [-0.15, -0.1) is 0 Å². The number of carboxylic acids is 4. The van der Waals surface area contributed by atoms with Crippen molar-refractivity contribution in [2.45, 2.75) is 156 Å². The minimum Gasteiger partial charge on any atom is -0.542 e. The maximum absolute atomic E-state index is 10.4. The Labute approximate surface area is 269 Å². The monoisotopic (exact) mass is 640 g/mol. The molecule has 0 saturated heterocycles. The Kier molecular flexibility index (Phi) is 43.9. The van der Waals surface area contributed by atoms with Gasteiger partial charge in [-0.25, -0.2) is 0 Å². The molecule has 0 amide bonds. The second-order valence-corrected chi connectivity index (χ2v) is 10.1. The van der Waals surface area contributed by atoms with Crippen molar-refractivity contribution >= 4 is 47.0 Å². The maximum atomic E-state index is 10.4. The Morgan fingerprint density at radius 1 is 0.311 bits per heavy atom. The van der Waals surface area contributed by atoms with Gasteiger partial charge >= 0.3 is 7.43 Å². The van der Waals surface area contributed by atoms with Crippen molar-refractivity contribution in [1.29, 1.82) is 0 Å². The first-order chi connectivity index (χ1) is 20.7. The molecule has 0 aliphatic heterocycles. The van der Waals surface area contributed by atoms with Crippen LogP contribution in [-0.2, 0) is 38.4 Å². The Morgan fingerprint density at radius 3 is 0.578 bits per heavy atom. The zero-order chi connectivity index (χ0) is 34.8. The molecule has 0 unspecified atom stereocenters. The van der Waals surface area contributed by atoms with Gasteiger partial charge in [0.2, 0.25) is 0 Å². The molecule has 0 heterocycles. The normalized spacial score (nSPS) is 9.33. The van der Waals surface area contributed by atoms with Crippen LogP contribution in [0.4, 0.5) is 0 Å². The summed E-state index contributed by atoms with van der Waals surface area (Å²) in [6.45, 7) is 8.22. The topological polar surface area (TPSA) is 229 Å². The third-order valence-electron chi connectivity index (χ3n) is 5.94. The van der Waals surface area contributed by atoms with Crippen LogP contribution in [0.25, 0.3) is 0 Å². The zero-order valence-electron chi connectivity index (χ0n) is 27.5. The predicted molar refractivity (Wildman–Crippen MR) is 158 cm³/mol. The molecule has 0 radical (unpaired) electrons. The number of ketones is 4. The van der Waals surface area contributed by atoms with Crippen LogP contribution < -0.4 is 20.4 Å². The first-order valence-electron chi connectivity index (χ1n) is 15.7. The van der Waals surface area contributed by atoms with Crippen molar-refractivity contribution in [3.63, 3.8) is 0 Å². The van der Waals surface area contributed by atoms with Crippen LogP contribution in [0.3, 0.4) is 0 Å². The Morgan fingerprint density at radius 2 is 0.467 bits per heavy atom. The first kappa shape index (κ1) is 51.2. The Balaban J connectivity index is -0.000000157. The fourth-order valence-electron chi connectivity index (χ4n) is 3.26. The fourth-order valence-corrected chi connectivity index (χ4v) is 3.26. The molecular weight excluding hydrogens is 588 g/mol. The van der Waals surface area contributed by atoms with Gasteiger partial charge in [0, 0.05) is 25.7 Å². The molecule has 0 aromatic carbocycles. The van der Waals surface area contributed by atoms with E-state index in [0.29, 0.717) is 25.7 Å². The van der Waals surface area contributed by atoms with Crippen LogP contribution >= 0.6 is 0 Å². The fraction of sp³-hybridized carbons (Fsp3) is 0.727. The van der Waals surface area contributed by atoms with Gasteiger partial charge in [0.25, 0.3) is 0 Å². The largest absolute Gasteiger partial charge is 4.00 e. The summed E-state index contributed by atoms with van der Waals surface area (Å²) in [5, 5.41) is 39.6. The second kappa shape index (κ2) is 38.6. The summed E-state index contributed by atoms with van der Waals surface area (Å²) in [6, 6.07) is 0. The van der Waals surface area contributed by atoms with Crippen molar-refractivity contribution < 1.29 is 58.8 Å². The molecule has 0 bridgehead atoms. The smallest absolute Gasteiger partial charge is 0.542 e. The quantitative estimate of drug-likeness (QED) is 0.107. The number of rotatable bonds is 24. The molecule has 0 atom stereocenters. The average Bonchev–Trinajstić information content (AvgIpc) is 2.98. The molecular formula is C33H52O12. The van der Waals surface area contributed by atoms with Gasteiger partial charge in [-0.1, -0.05) is 105 Å². The van der Waals surface area contributed by atoms with Gasteiger partial charge in [-0.05, 0) is 25.7 Å². The molecule has 12 heteroatoms. The molecule has 0 aliphatic rings. The number of unbranched alkanes of at least 4 members (excludes halogenated alkanes) is 12. The van der Waals surface area contributed by atoms with E-state index < -0.39 is 47.0 Å². The van der Waals surface area contributed by atoms with Gasteiger partial charge in [0.05, 0.1) is 0 Å². The van der Waals surface area contributed by atoms with E-state index in [1.807, 2.05) is 0 Å². The van der Waals surface area contributed by atoms with Gasteiger partial charge in [0.1, 0.15) is 23.9 Å². The number of carboxylic acid groups (broad SMARTS) is 4. The van der Waals surface area contributed by atoms with E-state index in [1.54, 1.807) is 0 Å². The molecule has 0 saturated carbocycles. The third kappa shape index (κ3) is 45.1. The number of hydrogen-bond donors (Lipinski definition) is 0. The molecule has 0 spiro atoms. The minimum absolute atomic E-state index is 0. The van der Waals surface area contributed by atoms with Gasteiger partial charge in [-0.3, -0.25) is 19.2 Å². The molecule has 0 fully saturated rings. The van der Waals surface area contributed by atoms with E-state index in [-0.39, 0.29) is 33.1 Å². The van der Waals surface area contributed by atoms with Gasteiger partial charge < -0.3 is 39.6 Å². The molecule has 0 aliphatic carbocycles. The number of hydrogen-bond acceptors (Lipinski definition) is 12. The summed E-state index contributed by atoms with van der Waals surface area (Å²) in [7, 11) is 0. The summed E-state index contributed by atoms with van der Waals surface area (Å²) >= 11 is 0. The molecule has 256 valence electrons. The summed E-state index contributed by atoms with van der Waals surface area (Å²) in [4.78, 5) is 81.4. The van der Waals surface area contributed by atoms with Crippen LogP contribution in [0.5, 0.6) is 0 Å². The maximum Gasteiger partial charge on any atom is 4.00 e. The Hall–Kier alpha value is -3.44. The summed E-state index contributed by atoms with van der Waals surface area (Å²) in [5.41, 5.74) is 0. The standard InChI is InChI=1S/4C8H14O3.C/c4*1-2-3-4-5-6-7(9)8(10)11;/h4*2-6H2,1H3,(H,10,11);/q;;;;+4/p-4. The van der Waals surface area contributed by atoms with E-state index in [9.17, 15) is 58.8 Å². The zero-order valence-corrected chi connectivity index (χ0v) is 27.5. The molecule has 12 nitrogen and oxygen atoms in total. The van der Waals surface area contributed by atoms with E-state index in [2.05, 4.69) is 27.7 Å². The molecule has 0 N–H and O–H groups in total. The second-order valence-electron chi connectivity index (χ2n) is 10.1. The van der Waals surface area contributed by atoms with Crippen LogP contribution in [0, 0.1) is 7.43 Å². The van der Waals surface area contributed by atoms with E-state index in [4.69, 9.17) is 0 Å². The number of aliphatic carboxylic acids is 4. The first-order valence-corrected chi connectivity index (χ1v) is 15.7. The van der Waals surface area contributed by atoms with Crippen molar-refractivity contribution in [3.05, 3.63) is 7.43 Å². The van der Waals surface area contributed by atoms with Crippen molar-refractivity contribution in [3.8, 4) is 0 Å². The summed E-state index contributed by atoms with van der Waals surface area (Å²) < 4.78 is 0. The average molecular weight is 641 g/mol. The molecule has 0 rings (SSSR count). The number of Topliss-reactive ketones (excluding diaryl/α,β-unsaturated/α-hetero) is 4.